The zero-order valence-corrected chi connectivity index (χ0v) is 11.4. The van der Waals surface area contributed by atoms with E-state index in [0.29, 0.717) is 31.4 Å². The number of hydrogen-bond acceptors (Lipinski definition) is 3. The van der Waals surface area contributed by atoms with Crippen LogP contribution in [-0.2, 0) is 19.5 Å². The zero-order valence-electron chi connectivity index (χ0n) is 11.4. The number of nitrogens with zero attached hydrogens (tertiary/aromatic N) is 1. The van der Waals surface area contributed by atoms with Gasteiger partial charge in [0.25, 0.3) is 0 Å². The van der Waals surface area contributed by atoms with Crippen LogP contribution in [-0.4, -0.2) is 22.6 Å². The minimum Gasteiger partial charge on any atom is -0.494 e. The molecule has 1 aromatic heterocycles. The van der Waals surface area contributed by atoms with Crippen LogP contribution in [0.15, 0.2) is 12.1 Å². The molecule has 1 aromatic carbocycles. The van der Waals surface area contributed by atoms with Gasteiger partial charge in [0, 0.05) is 30.7 Å². The molecule has 0 radical (unpaired) electrons. The van der Waals surface area contributed by atoms with Gasteiger partial charge in [0.1, 0.15) is 5.75 Å². The Balaban J connectivity index is 2.28. The summed E-state index contributed by atoms with van der Waals surface area (Å²) in [6.07, 6.45) is -4.20. The van der Waals surface area contributed by atoms with Crippen molar-refractivity contribution in [2.75, 3.05) is 6.54 Å². The third kappa shape index (κ3) is 2.42. The number of nitrogens with one attached hydrogen (secondary N) is 1. The third-order valence-electron chi connectivity index (χ3n) is 3.72. The Morgan fingerprint density at radius 2 is 2.14 bits per heavy atom. The predicted molar refractivity (Wildman–Crippen MR) is 71.4 cm³/mol. The van der Waals surface area contributed by atoms with E-state index < -0.39 is 6.36 Å². The molecule has 0 saturated heterocycles. The number of aromatic nitrogens is 1. The Morgan fingerprint density at radius 3 is 2.81 bits per heavy atom. The van der Waals surface area contributed by atoms with Gasteiger partial charge in [-0.25, -0.2) is 0 Å². The molecule has 0 spiro atoms. The topological polar surface area (TPSA) is 46.4 Å². The van der Waals surface area contributed by atoms with Crippen LogP contribution in [0, 0.1) is 0 Å². The molecule has 0 aliphatic carbocycles. The van der Waals surface area contributed by atoms with Crippen LogP contribution in [0.3, 0.4) is 0 Å². The maximum atomic E-state index is 12.6. The fraction of sp³-hybridized carbons (Fsp3) is 0.429. The van der Waals surface area contributed by atoms with E-state index in [-0.39, 0.29) is 17.0 Å². The Kier molecular flexibility index (Phi) is 3.24. The number of fused-ring (bicyclic) bond motifs is 3. The summed E-state index contributed by atoms with van der Waals surface area (Å²) in [4.78, 5) is 0. The summed E-state index contributed by atoms with van der Waals surface area (Å²) in [5.41, 5.74) is 1.52. The first-order valence-electron chi connectivity index (χ1n) is 6.74. The summed E-state index contributed by atoms with van der Waals surface area (Å²) in [6, 6.07) is 3.16. The van der Waals surface area contributed by atoms with Crippen LogP contribution in [0.2, 0.25) is 0 Å². The number of hydrogen-bond donors (Lipinski definition) is 2. The fourth-order valence-electron chi connectivity index (χ4n) is 2.78. The van der Waals surface area contributed by atoms with Crippen molar-refractivity contribution < 1.29 is 23.0 Å². The van der Waals surface area contributed by atoms with Crippen LogP contribution in [0.5, 0.6) is 11.6 Å². The molecular weight excluding hydrogens is 285 g/mol. The molecule has 0 bridgehead atoms. The maximum Gasteiger partial charge on any atom is 0.573 e. The Labute approximate surface area is 119 Å². The normalized spacial score (nSPS) is 15.2. The average molecular weight is 300 g/mol. The minimum absolute atomic E-state index is 0.128. The van der Waals surface area contributed by atoms with E-state index in [1.807, 2.05) is 13.0 Å². The van der Waals surface area contributed by atoms with Gasteiger partial charge >= 0.3 is 6.36 Å². The van der Waals surface area contributed by atoms with Crippen LogP contribution >= 0.6 is 0 Å². The molecule has 1 aliphatic rings. The average Bonchev–Trinajstić information content (AvgIpc) is 2.71. The largest absolute Gasteiger partial charge is 0.573 e. The number of rotatable bonds is 2. The van der Waals surface area contributed by atoms with Crippen molar-refractivity contribution in [3.05, 3.63) is 23.4 Å². The van der Waals surface area contributed by atoms with Crippen LogP contribution < -0.4 is 10.1 Å². The van der Waals surface area contributed by atoms with E-state index in [1.54, 1.807) is 4.57 Å². The van der Waals surface area contributed by atoms with E-state index in [1.165, 1.54) is 6.07 Å². The molecule has 0 unspecified atom stereocenters. The smallest absolute Gasteiger partial charge is 0.494 e. The molecule has 0 atom stereocenters. The van der Waals surface area contributed by atoms with Gasteiger partial charge in [-0.3, -0.25) is 0 Å². The van der Waals surface area contributed by atoms with E-state index >= 15 is 0 Å². The lowest BCUT2D eigenvalue weighted by molar-refractivity contribution is -0.274. The highest BCUT2D eigenvalue weighted by Gasteiger charge is 2.33. The number of halogens is 3. The highest BCUT2D eigenvalue weighted by Crippen LogP contribution is 2.41. The Morgan fingerprint density at radius 1 is 1.38 bits per heavy atom. The van der Waals surface area contributed by atoms with Crippen LogP contribution in [0.4, 0.5) is 13.2 Å². The molecule has 1 aliphatic heterocycles. The van der Waals surface area contributed by atoms with E-state index in [9.17, 15) is 18.3 Å². The first-order chi connectivity index (χ1) is 9.90. The number of ether oxygens (including phenoxy) is 1. The molecule has 3 rings (SSSR count). The first-order valence-corrected chi connectivity index (χ1v) is 6.74. The molecule has 2 aromatic rings. The standard InChI is InChI=1S/C14H15F3N2O2/c1-2-8-5-9-10-7-18-3-4-19(10)13(20)12(9)11(6-8)21-14(15,16)17/h5-6,18,20H,2-4,7H2,1H3. The van der Waals surface area contributed by atoms with E-state index in [0.717, 1.165) is 11.3 Å². The summed E-state index contributed by atoms with van der Waals surface area (Å²) >= 11 is 0. The molecule has 2 N–H and O–H groups in total. The van der Waals surface area contributed by atoms with Gasteiger partial charge in [-0.1, -0.05) is 6.92 Å². The number of aromatic hydroxyl groups is 1. The fourth-order valence-corrected chi connectivity index (χ4v) is 2.78. The predicted octanol–water partition coefficient (Wildman–Crippen LogP) is 2.91. The maximum absolute atomic E-state index is 12.6. The Hall–Kier alpha value is -1.89. The van der Waals surface area contributed by atoms with E-state index in [4.69, 9.17) is 0 Å². The summed E-state index contributed by atoms with van der Waals surface area (Å²) in [7, 11) is 0. The number of aryl methyl sites for hydroxylation is 1. The van der Waals surface area contributed by atoms with Gasteiger partial charge in [-0.2, -0.15) is 0 Å². The lowest BCUT2D eigenvalue weighted by Crippen LogP contribution is -2.27. The lowest BCUT2D eigenvalue weighted by Gasteiger charge is -2.17. The molecule has 21 heavy (non-hydrogen) atoms. The first kappa shape index (κ1) is 14.1. The van der Waals surface area contributed by atoms with Crippen LogP contribution in [0.25, 0.3) is 10.8 Å². The van der Waals surface area contributed by atoms with Gasteiger partial charge < -0.3 is 19.7 Å². The van der Waals surface area contributed by atoms with Crippen molar-refractivity contribution in [1.29, 1.82) is 0 Å². The van der Waals surface area contributed by atoms with Crippen molar-refractivity contribution in [3.8, 4) is 11.6 Å². The van der Waals surface area contributed by atoms with Gasteiger partial charge in [0.15, 0.2) is 0 Å². The highest BCUT2D eigenvalue weighted by atomic mass is 19.4. The van der Waals surface area contributed by atoms with Crippen molar-refractivity contribution >= 4 is 10.8 Å². The molecule has 0 fully saturated rings. The van der Waals surface area contributed by atoms with Crippen molar-refractivity contribution in [2.45, 2.75) is 32.8 Å². The van der Waals surface area contributed by atoms with Gasteiger partial charge in [0.2, 0.25) is 5.88 Å². The van der Waals surface area contributed by atoms with Gasteiger partial charge in [0.05, 0.1) is 5.39 Å². The minimum atomic E-state index is -4.79. The molecule has 0 saturated carbocycles. The van der Waals surface area contributed by atoms with Crippen LogP contribution in [0.1, 0.15) is 18.2 Å². The van der Waals surface area contributed by atoms with Gasteiger partial charge in [-0.15, -0.1) is 13.2 Å². The monoisotopic (exact) mass is 300 g/mol. The second-order valence-corrected chi connectivity index (χ2v) is 5.02. The molecular formula is C14H15F3N2O2. The second-order valence-electron chi connectivity index (χ2n) is 5.02. The quantitative estimate of drug-likeness (QED) is 0.896. The molecule has 7 heteroatoms. The Bertz CT molecular complexity index is 692. The second kappa shape index (κ2) is 4.84. The van der Waals surface area contributed by atoms with Gasteiger partial charge in [-0.05, 0) is 24.1 Å². The lowest BCUT2D eigenvalue weighted by atomic mass is 10.1. The third-order valence-corrected chi connectivity index (χ3v) is 3.72. The zero-order chi connectivity index (χ0) is 15.2. The van der Waals surface area contributed by atoms with Crippen molar-refractivity contribution in [3.63, 3.8) is 0 Å². The SMILES string of the molecule is CCc1cc(OC(F)(F)F)c2c(O)n3c(c2c1)CNCC3. The summed E-state index contributed by atoms with van der Waals surface area (Å²) in [5, 5.41) is 14.2. The molecule has 114 valence electrons. The highest BCUT2D eigenvalue weighted by molar-refractivity contribution is 5.96. The molecule has 4 nitrogen and oxygen atoms in total. The molecule has 2 heterocycles. The summed E-state index contributed by atoms with van der Waals surface area (Å²) in [5.74, 6) is -0.500. The van der Waals surface area contributed by atoms with Crippen molar-refractivity contribution in [2.24, 2.45) is 0 Å². The van der Waals surface area contributed by atoms with E-state index in [2.05, 4.69) is 10.1 Å². The summed E-state index contributed by atoms with van der Waals surface area (Å²) in [6.45, 7) is 3.55. The molecule has 0 amide bonds. The summed E-state index contributed by atoms with van der Waals surface area (Å²) < 4.78 is 43.6. The number of benzene rings is 1. The number of alkyl halides is 3. The van der Waals surface area contributed by atoms with Crippen molar-refractivity contribution in [1.82, 2.24) is 9.88 Å².